The molecule has 2 aliphatic carbocycles. The van der Waals surface area contributed by atoms with Crippen molar-refractivity contribution in [1.82, 2.24) is 40.1 Å². The van der Waals surface area contributed by atoms with Crippen molar-refractivity contribution in [3.63, 3.8) is 0 Å². The van der Waals surface area contributed by atoms with Crippen LogP contribution in [0.15, 0.2) is 48.7 Å². The topological polar surface area (TPSA) is 154 Å². The average molecular weight is 734 g/mol. The summed E-state index contributed by atoms with van der Waals surface area (Å²) in [5, 5.41) is 22.8. The summed E-state index contributed by atoms with van der Waals surface area (Å²) in [6.45, 7) is 4.92. The van der Waals surface area contributed by atoms with Gasteiger partial charge in [-0.1, -0.05) is 25.1 Å². The summed E-state index contributed by atoms with van der Waals surface area (Å²) in [4.78, 5) is 49.6. The lowest BCUT2D eigenvalue weighted by Crippen LogP contribution is -2.48. The van der Waals surface area contributed by atoms with Gasteiger partial charge >= 0.3 is 0 Å². The van der Waals surface area contributed by atoms with Gasteiger partial charge in [-0.05, 0) is 56.7 Å². The van der Waals surface area contributed by atoms with E-state index in [-0.39, 0.29) is 54.0 Å². The number of para-hydroxylation sites is 1. The van der Waals surface area contributed by atoms with Crippen molar-refractivity contribution in [3.05, 3.63) is 71.4 Å². The number of nitrogens with zero attached hydrogens (tertiary/aromatic N) is 8. The normalized spacial score (nSPS) is 20.9. The Kier molecular flexibility index (Phi) is 8.75. The van der Waals surface area contributed by atoms with E-state index in [1.165, 1.54) is 0 Å². The molecule has 9 rings (SSSR count). The highest BCUT2D eigenvalue weighted by Crippen LogP contribution is 2.50. The van der Waals surface area contributed by atoms with E-state index in [4.69, 9.17) is 5.10 Å². The summed E-state index contributed by atoms with van der Waals surface area (Å²) in [5.74, 6) is -0.296. The zero-order chi connectivity index (χ0) is 37.1. The number of fused-ring (bicyclic) bond motifs is 3. The molecule has 3 amide bonds. The SMILES string of the molecule is CCC1c2c(cnn2C2CN(Cc3cccc(C(=O)N4CC[C@H](F)C4)n3)C2)-c2cccc(Nc3cc(NC(=O)C4CC4)nnc3C(=O)NC3CC3)c2N1C. The molecule has 14 nitrogen and oxygen atoms in total. The Balaban J connectivity index is 0.950. The van der Waals surface area contributed by atoms with E-state index in [9.17, 15) is 18.8 Å². The van der Waals surface area contributed by atoms with Gasteiger partial charge in [0, 0.05) is 62.4 Å². The maximum atomic E-state index is 13.7. The van der Waals surface area contributed by atoms with Crippen LogP contribution in [0.25, 0.3) is 11.1 Å². The van der Waals surface area contributed by atoms with Gasteiger partial charge in [0.1, 0.15) is 11.9 Å². The lowest BCUT2D eigenvalue weighted by atomic mass is 9.91. The van der Waals surface area contributed by atoms with E-state index in [1.807, 2.05) is 30.5 Å². The van der Waals surface area contributed by atoms with Gasteiger partial charge in [0.05, 0.1) is 53.3 Å². The predicted octanol–water partition coefficient (Wildman–Crippen LogP) is 4.86. The molecule has 4 fully saturated rings. The third-order valence-corrected chi connectivity index (χ3v) is 11.2. The fourth-order valence-corrected chi connectivity index (χ4v) is 7.97. The smallest absolute Gasteiger partial charge is 0.274 e. The third kappa shape index (κ3) is 6.54. The van der Waals surface area contributed by atoms with Gasteiger partial charge in [0.25, 0.3) is 11.8 Å². The van der Waals surface area contributed by atoms with Crippen LogP contribution < -0.4 is 20.9 Å². The largest absolute Gasteiger partial charge is 0.364 e. The van der Waals surface area contributed by atoms with Crippen LogP contribution >= 0.6 is 0 Å². The number of halogens is 1. The molecule has 3 aliphatic heterocycles. The quantitative estimate of drug-likeness (QED) is 0.195. The van der Waals surface area contributed by atoms with Crippen LogP contribution in [0, 0.1) is 5.92 Å². The summed E-state index contributed by atoms with van der Waals surface area (Å²) in [7, 11) is 2.09. The zero-order valence-corrected chi connectivity index (χ0v) is 30.5. The molecule has 15 heteroatoms. The van der Waals surface area contributed by atoms with E-state index >= 15 is 0 Å². The molecule has 6 heterocycles. The zero-order valence-electron chi connectivity index (χ0n) is 30.5. The van der Waals surface area contributed by atoms with E-state index in [0.29, 0.717) is 36.7 Å². The minimum Gasteiger partial charge on any atom is -0.364 e. The number of nitrogens with one attached hydrogen (secondary N) is 3. The fraction of sp³-hybridized carbons (Fsp3) is 0.462. The number of hydrogen-bond donors (Lipinski definition) is 3. The molecule has 2 saturated heterocycles. The maximum Gasteiger partial charge on any atom is 0.274 e. The van der Waals surface area contributed by atoms with Crippen molar-refractivity contribution in [2.45, 2.75) is 76.3 Å². The van der Waals surface area contributed by atoms with Gasteiger partial charge in [-0.25, -0.2) is 9.37 Å². The number of carbonyl (C=O) groups is 3. The maximum absolute atomic E-state index is 13.7. The van der Waals surface area contributed by atoms with Gasteiger partial charge in [-0.15, -0.1) is 10.2 Å². The highest BCUT2D eigenvalue weighted by Gasteiger charge is 2.39. The van der Waals surface area contributed by atoms with Crippen LogP contribution in [-0.2, 0) is 11.3 Å². The van der Waals surface area contributed by atoms with E-state index in [2.05, 4.69) is 65.7 Å². The monoisotopic (exact) mass is 733 g/mol. The van der Waals surface area contributed by atoms with Gasteiger partial charge in [-0.3, -0.25) is 24.0 Å². The molecule has 280 valence electrons. The molecule has 0 bridgehead atoms. The molecule has 54 heavy (non-hydrogen) atoms. The molecule has 2 atom stereocenters. The standard InChI is InChI=1S/C39H44FN11O3/c1-3-32-36-28(17-41-51(36)26-20-49(21-26)19-25-6-4-9-30(42-25)39(54)50-15-14-23(40)18-50)27-7-5-8-29(35(27)48(32)2)44-31-16-33(45-37(52)22-10-11-22)46-47-34(31)38(53)43-24-12-13-24/h4-9,16-17,22-24,26,32H,3,10-15,18-21H2,1-2H3,(H,43,53)(H2,44,45,46,52)/t23-,32?/m0/s1. The van der Waals surface area contributed by atoms with Gasteiger partial charge < -0.3 is 25.8 Å². The fourth-order valence-electron chi connectivity index (χ4n) is 7.97. The Morgan fingerprint density at radius 2 is 1.76 bits per heavy atom. The Morgan fingerprint density at radius 1 is 0.944 bits per heavy atom. The van der Waals surface area contributed by atoms with Crippen molar-refractivity contribution < 1.29 is 18.8 Å². The number of amides is 3. The summed E-state index contributed by atoms with van der Waals surface area (Å²) in [6, 6.07) is 13.6. The molecule has 3 N–H and O–H groups in total. The molecular formula is C39H44FN11O3. The molecule has 1 unspecified atom stereocenters. The Bertz CT molecular complexity index is 2130. The van der Waals surface area contributed by atoms with Crippen LogP contribution in [0.4, 0.5) is 27.3 Å². The Labute approximate surface area is 312 Å². The summed E-state index contributed by atoms with van der Waals surface area (Å²) in [6.07, 6.45) is 5.83. The summed E-state index contributed by atoms with van der Waals surface area (Å²) < 4.78 is 15.9. The number of pyridine rings is 1. The first-order valence-corrected chi connectivity index (χ1v) is 19.1. The number of rotatable bonds is 11. The summed E-state index contributed by atoms with van der Waals surface area (Å²) >= 11 is 0. The van der Waals surface area contributed by atoms with Gasteiger partial charge in [-0.2, -0.15) is 5.10 Å². The number of aromatic nitrogens is 5. The lowest BCUT2D eigenvalue weighted by Gasteiger charge is -2.43. The first-order chi connectivity index (χ1) is 26.2. The van der Waals surface area contributed by atoms with Crippen molar-refractivity contribution in [2.75, 3.05) is 48.8 Å². The van der Waals surface area contributed by atoms with E-state index < -0.39 is 6.17 Å². The van der Waals surface area contributed by atoms with Crippen molar-refractivity contribution in [3.8, 4) is 11.1 Å². The second-order valence-corrected chi connectivity index (χ2v) is 15.3. The number of anilines is 4. The minimum absolute atomic E-state index is 0.000694. The molecule has 0 spiro atoms. The molecule has 2 saturated carbocycles. The van der Waals surface area contributed by atoms with Gasteiger partial charge in [0.15, 0.2) is 11.5 Å². The predicted molar refractivity (Wildman–Crippen MR) is 200 cm³/mol. The molecule has 3 aromatic heterocycles. The highest BCUT2D eigenvalue weighted by atomic mass is 19.1. The second-order valence-electron chi connectivity index (χ2n) is 15.3. The van der Waals surface area contributed by atoms with Gasteiger partial charge in [0.2, 0.25) is 5.91 Å². The number of benzene rings is 1. The molecule has 4 aromatic rings. The highest BCUT2D eigenvalue weighted by molar-refractivity contribution is 6.01. The number of likely N-dealkylation sites (tertiary alicyclic amines) is 2. The van der Waals surface area contributed by atoms with E-state index in [1.54, 1.807) is 17.0 Å². The third-order valence-electron chi connectivity index (χ3n) is 11.2. The first-order valence-electron chi connectivity index (χ1n) is 19.1. The number of carbonyl (C=O) groups excluding carboxylic acids is 3. The van der Waals surface area contributed by atoms with Crippen molar-refractivity contribution >= 4 is 40.6 Å². The molecule has 1 aromatic carbocycles. The molecule has 5 aliphatic rings. The van der Waals surface area contributed by atoms with Crippen LogP contribution in [0.5, 0.6) is 0 Å². The van der Waals surface area contributed by atoms with Crippen LogP contribution in [0.3, 0.4) is 0 Å². The van der Waals surface area contributed by atoms with Crippen LogP contribution in [0.1, 0.15) is 89.9 Å². The van der Waals surface area contributed by atoms with Crippen LogP contribution in [-0.4, -0.2) is 97.9 Å². The van der Waals surface area contributed by atoms with Crippen molar-refractivity contribution in [2.24, 2.45) is 5.92 Å². The van der Waals surface area contributed by atoms with Crippen LogP contribution in [0.2, 0.25) is 0 Å². The van der Waals surface area contributed by atoms with Crippen molar-refractivity contribution in [1.29, 1.82) is 0 Å². The Hall–Kier alpha value is -5.44. The summed E-state index contributed by atoms with van der Waals surface area (Å²) in [5.41, 5.74) is 6.86. The Morgan fingerprint density at radius 3 is 2.50 bits per heavy atom. The minimum atomic E-state index is -0.965. The van der Waals surface area contributed by atoms with E-state index in [0.717, 1.165) is 79.1 Å². The number of alkyl halides is 1. The average Bonchev–Trinajstić information content (AvgIpc) is 4.08. The lowest BCUT2D eigenvalue weighted by molar-refractivity contribution is -0.117. The molecule has 0 radical (unpaired) electrons. The first kappa shape index (κ1) is 34.3. The number of hydrogen-bond acceptors (Lipinski definition) is 10. The second kappa shape index (κ2) is 13.8. The molecular weight excluding hydrogens is 690 g/mol.